The van der Waals surface area contributed by atoms with Crippen LogP contribution in [-0.4, -0.2) is 26.0 Å². The van der Waals surface area contributed by atoms with Crippen molar-refractivity contribution in [3.63, 3.8) is 0 Å². The molecule has 2 heterocycles. The lowest BCUT2D eigenvalue weighted by Crippen LogP contribution is -2.44. The Morgan fingerprint density at radius 2 is 1.82 bits per heavy atom. The van der Waals surface area contributed by atoms with Crippen LogP contribution in [0.2, 0.25) is 0 Å². The molecule has 0 bridgehead atoms. The number of nitrogens with one attached hydrogen (secondary N) is 1. The molecule has 0 fully saturated rings. The van der Waals surface area contributed by atoms with Gasteiger partial charge < -0.3 is 14.8 Å². The van der Waals surface area contributed by atoms with Crippen LogP contribution in [0.25, 0.3) is 0 Å². The van der Waals surface area contributed by atoms with Crippen molar-refractivity contribution in [2.75, 3.05) is 11.9 Å². The molecule has 0 unspecified atom stereocenters. The highest BCUT2D eigenvalue weighted by Crippen LogP contribution is 2.33. The molecule has 142 valence electrons. The number of hydrogen-bond donors (Lipinski definition) is 1. The van der Waals surface area contributed by atoms with Gasteiger partial charge in [0, 0.05) is 42.8 Å². The van der Waals surface area contributed by atoms with E-state index in [1.165, 1.54) is 5.56 Å². The third kappa shape index (κ3) is 3.48. The van der Waals surface area contributed by atoms with Crippen molar-refractivity contribution in [2.24, 2.45) is 0 Å². The third-order valence-corrected chi connectivity index (χ3v) is 5.36. The fraction of sp³-hybridized carbons (Fsp3) is 0.190. The van der Waals surface area contributed by atoms with Gasteiger partial charge in [-0.2, -0.15) is 0 Å². The Balaban J connectivity index is 1.66. The normalized spacial score (nSPS) is 15.8. The standard InChI is InChI=1S/C21H20N4O2S/c1-15-4-8-17(9-5-15)22-21(28)24-14-13-23-12-2-3-19(23)20(24)16-6-10-18(11-7-16)25(26)27/h2-12,20H,13-14H2,1H3,(H,22,28)/t20-/m0/s1. The molecule has 0 spiro atoms. The second kappa shape index (κ2) is 7.44. The van der Waals surface area contributed by atoms with E-state index in [0.29, 0.717) is 5.11 Å². The summed E-state index contributed by atoms with van der Waals surface area (Å²) in [5.41, 5.74) is 4.31. The quantitative estimate of drug-likeness (QED) is 0.404. The van der Waals surface area contributed by atoms with E-state index in [-0.39, 0.29) is 16.7 Å². The fourth-order valence-corrected chi connectivity index (χ4v) is 3.88. The van der Waals surface area contributed by atoms with Gasteiger partial charge in [-0.3, -0.25) is 10.1 Å². The molecule has 1 aromatic heterocycles. The Hall–Kier alpha value is -3.19. The van der Waals surface area contributed by atoms with Crippen molar-refractivity contribution in [1.29, 1.82) is 0 Å². The summed E-state index contributed by atoms with van der Waals surface area (Å²) in [4.78, 5) is 12.8. The van der Waals surface area contributed by atoms with Gasteiger partial charge in [0.05, 0.1) is 11.0 Å². The van der Waals surface area contributed by atoms with Crippen LogP contribution in [0.5, 0.6) is 0 Å². The second-order valence-corrected chi connectivity index (χ2v) is 7.25. The van der Waals surface area contributed by atoms with E-state index in [2.05, 4.69) is 27.0 Å². The zero-order chi connectivity index (χ0) is 19.7. The molecule has 1 aliphatic heterocycles. The number of benzene rings is 2. The van der Waals surface area contributed by atoms with Crippen molar-refractivity contribution in [3.05, 3.63) is 93.8 Å². The molecule has 4 rings (SSSR count). The number of nitro benzene ring substituents is 1. The van der Waals surface area contributed by atoms with Crippen LogP contribution in [0.4, 0.5) is 11.4 Å². The molecular weight excluding hydrogens is 372 g/mol. The lowest BCUT2D eigenvalue weighted by Gasteiger charge is -2.39. The van der Waals surface area contributed by atoms with Gasteiger partial charge in [0.25, 0.3) is 5.69 Å². The van der Waals surface area contributed by atoms with E-state index in [9.17, 15) is 10.1 Å². The smallest absolute Gasteiger partial charge is 0.269 e. The minimum atomic E-state index is -0.380. The molecule has 2 aromatic carbocycles. The number of fused-ring (bicyclic) bond motifs is 1. The molecule has 1 aliphatic rings. The number of nitrogens with zero attached hydrogens (tertiary/aromatic N) is 3. The van der Waals surface area contributed by atoms with Gasteiger partial charge in [-0.05, 0) is 61.1 Å². The molecule has 0 radical (unpaired) electrons. The summed E-state index contributed by atoms with van der Waals surface area (Å²) in [6.45, 7) is 3.63. The van der Waals surface area contributed by atoms with Gasteiger partial charge in [-0.25, -0.2) is 0 Å². The number of anilines is 1. The number of non-ortho nitro benzene ring substituents is 1. The predicted molar refractivity (Wildman–Crippen MR) is 113 cm³/mol. The molecule has 3 aromatic rings. The van der Waals surface area contributed by atoms with Crippen LogP contribution in [0.1, 0.15) is 22.9 Å². The summed E-state index contributed by atoms with van der Waals surface area (Å²) in [6, 6.07) is 18.8. The average molecular weight is 392 g/mol. The molecule has 0 saturated heterocycles. The van der Waals surface area contributed by atoms with Crippen LogP contribution in [0.3, 0.4) is 0 Å². The molecule has 1 atom stereocenters. The Bertz CT molecular complexity index is 1010. The molecule has 6 nitrogen and oxygen atoms in total. The molecule has 7 heteroatoms. The van der Waals surface area contributed by atoms with Crippen LogP contribution in [0, 0.1) is 17.0 Å². The number of aromatic nitrogens is 1. The first-order valence-corrected chi connectivity index (χ1v) is 9.47. The van der Waals surface area contributed by atoms with Crippen molar-refractivity contribution >= 4 is 28.7 Å². The third-order valence-electron chi connectivity index (χ3n) is 5.02. The van der Waals surface area contributed by atoms with Gasteiger partial charge in [-0.15, -0.1) is 0 Å². The highest BCUT2D eigenvalue weighted by molar-refractivity contribution is 7.80. The first-order valence-electron chi connectivity index (χ1n) is 9.06. The first-order chi connectivity index (χ1) is 13.5. The Kier molecular flexibility index (Phi) is 4.83. The average Bonchev–Trinajstić information content (AvgIpc) is 3.18. The Morgan fingerprint density at radius 1 is 1.11 bits per heavy atom. The highest BCUT2D eigenvalue weighted by Gasteiger charge is 2.30. The molecule has 0 amide bonds. The number of aryl methyl sites for hydroxylation is 1. The monoisotopic (exact) mass is 392 g/mol. The van der Waals surface area contributed by atoms with Crippen LogP contribution in [-0.2, 0) is 6.54 Å². The maximum Gasteiger partial charge on any atom is 0.269 e. The van der Waals surface area contributed by atoms with Gasteiger partial charge in [0.2, 0.25) is 0 Å². The molecule has 0 saturated carbocycles. The number of thiocarbonyl (C=S) groups is 1. The van der Waals surface area contributed by atoms with E-state index >= 15 is 0 Å². The van der Waals surface area contributed by atoms with Crippen molar-refractivity contribution in [1.82, 2.24) is 9.47 Å². The first kappa shape index (κ1) is 18.2. The summed E-state index contributed by atoms with van der Waals surface area (Å²) < 4.78 is 2.21. The lowest BCUT2D eigenvalue weighted by molar-refractivity contribution is -0.384. The molecular formula is C21H20N4O2S. The van der Waals surface area contributed by atoms with Gasteiger partial charge in [0.1, 0.15) is 0 Å². The Labute approximate surface area is 168 Å². The zero-order valence-corrected chi connectivity index (χ0v) is 16.2. The minimum Gasteiger partial charge on any atom is -0.348 e. The lowest BCUT2D eigenvalue weighted by atomic mass is 10.00. The predicted octanol–water partition coefficient (Wildman–Crippen LogP) is 4.51. The summed E-state index contributed by atoms with van der Waals surface area (Å²) in [6.07, 6.45) is 2.06. The number of rotatable bonds is 3. The summed E-state index contributed by atoms with van der Waals surface area (Å²) in [7, 11) is 0. The highest BCUT2D eigenvalue weighted by atomic mass is 32.1. The van der Waals surface area contributed by atoms with E-state index in [0.717, 1.165) is 30.0 Å². The maximum atomic E-state index is 11.0. The molecule has 28 heavy (non-hydrogen) atoms. The second-order valence-electron chi connectivity index (χ2n) is 6.87. The largest absolute Gasteiger partial charge is 0.348 e. The summed E-state index contributed by atoms with van der Waals surface area (Å²) in [5.74, 6) is 0. The number of hydrogen-bond acceptors (Lipinski definition) is 3. The Morgan fingerprint density at radius 3 is 2.50 bits per heavy atom. The SMILES string of the molecule is Cc1ccc(NC(=S)N2CCn3cccc3[C@@H]2c2ccc([N+](=O)[O-])cc2)cc1. The van der Waals surface area contributed by atoms with Crippen molar-refractivity contribution < 1.29 is 4.92 Å². The summed E-state index contributed by atoms with van der Waals surface area (Å²) >= 11 is 5.73. The van der Waals surface area contributed by atoms with Crippen LogP contribution in [0.15, 0.2) is 66.9 Å². The fourth-order valence-electron chi connectivity index (χ4n) is 3.56. The van der Waals surface area contributed by atoms with E-state index in [1.54, 1.807) is 12.1 Å². The minimum absolute atomic E-state index is 0.0850. The van der Waals surface area contributed by atoms with Crippen molar-refractivity contribution in [2.45, 2.75) is 19.5 Å². The van der Waals surface area contributed by atoms with Gasteiger partial charge in [-0.1, -0.05) is 17.7 Å². The van der Waals surface area contributed by atoms with Crippen LogP contribution < -0.4 is 5.32 Å². The van der Waals surface area contributed by atoms with E-state index in [4.69, 9.17) is 12.2 Å². The van der Waals surface area contributed by atoms with Gasteiger partial charge in [0.15, 0.2) is 5.11 Å². The maximum absolute atomic E-state index is 11.0. The zero-order valence-electron chi connectivity index (χ0n) is 15.4. The summed E-state index contributed by atoms with van der Waals surface area (Å²) in [5, 5.41) is 15.0. The number of nitro groups is 1. The van der Waals surface area contributed by atoms with E-state index < -0.39 is 0 Å². The topological polar surface area (TPSA) is 63.3 Å². The van der Waals surface area contributed by atoms with Crippen LogP contribution >= 0.6 is 12.2 Å². The molecule has 0 aliphatic carbocycles. The van der Waals surface area contributed by atoms with Crippen molar-refractivity contribution in [3.8, 4) is 0 Å². The van der Waals surface area contributed by atoms with E-state index in [1.807, 2.05) is 49.4 Å². The molecule has 1 N–H and O–H groups in total. The van der Waals surface area contributed by atoms with Gasteiger partial charge >= 0.3 is 0 Å².